The Balaban J connectivity index is 1.86. The van der Waals surface area contributed by atoms with Gasteiger partial charge in [-0.2, -0.15) is 5.26 Å². The van der Waals surface area contributed by atoms with Crippen LogP contribution in [0.25, 0.3) is 17.4 Å². The van der Waals surface area contributed by atoms with Crippen LogP contribution in [0.1, 0.15) is 11.3 Å². The number of urea groups is 1. The average Bonchev–Trinajstić information content (AvgIpc) is 3.07. The largest absolute Gasteiger partial charge is 0.457 e. The van der Waals surface area contributed by atoms with Crippen LogP contribution in [0.5, 0.6) is 0 Å². The third-order valence-electron chi connectivity index (χ3n) is 2.93. The first kappa shape index (κ1) is 12.7. The molecule has 2 heterocycles. The summed E-state index contributed by atoms with van der Waals surface area (Å²) in [6.07, 6.45) is 1.45. The number of hydrogen-bond donors (Lipinski definition) is 2. The highest BCUT2D eigenvalue weighted by molar-refractivity contribution is 6.13. The molecular weight excluding hydrogens is 270 g/mol. The van der Waals surface area contributed by atoms with E-state index in [0.717, 1.165) is 5.56 Å². The number of carbonyl (C=O) groups excluding carboxylic acids is 2. The summed E-state index contributed by atoms with van der Waals surface area (Å²) in [6.45, 7) is 0. The number of furan rings is 1. The number of nitrogens with one attached hydrogen (secondary N) is 2. The molecular formula is C15H9N3O3. The van der Waals surface area contributed by atoms with Crippen molar-refractivity contribution in [3.63, 3.8) is 0 Å². The van der Waals surface area contributed by atoms with E-state index in [1.165, 1.54) is 6.08 Å². The van der Waals surface area contributed by atoms with Gasteiger partial charge in [-0.05, 0) is 36.4 Å². The van der Waals surface area contributed by atoms with Gasteiger partial charge in [0.25, 0.3) is 5.91 Å². The van der Waals surface area contributed by atoms with E-state index in [4.69, 9.17) is 9.68 Å². The van der Waals surface area contributed by atoms with E-state index in [0.29, 0.717) is 17.1 Å². The number of hydrogen-bond acceptors (Lipinski definition) is 4. The van der Waals surface area contributed by atoms with Crippen molar-refractivity contribution in [1.82, 2.24) is 10.6 Å². The van der Waals surface area contributed by atoms with Gasteiger partial charge in [-0.25, -0.2) is 4.79 Å². The molecule has 6 nitrogen and oxygen atoms in total. The maximum Gasteiger partial charge on any atom is 0.326 e. The van der Waals surface area contributed by atoms with E-state index in [-0.39, 0.29) is 5.70 Å². The highest BCUT2D eigenvalue weighted by Gasteiger charge is 2.23. The van der Waals surface area contributed by atoms with Gasteiger partial charge in [0, 0.05) is 11.6 Å². The maximum absolute atomic E-state index is 11.4. The first-order chi connectivity index (χ1) is 10.2. The molecule has 1 aromatic carbocycles. The highest BCUT2D eigenvalue weighted by Crippen LogP contribution is 2.23. The predicted octanol–water partition coefficient (Wildman–Crippen LogP) is 2.00. The molecule has 3 amide bonds. The molecule has 0 bridgehead atoms. The smallest absolute Gasteiger partial charge is 0.326 e. The van der Waals surface area contributed by atoms with Crippen molar-refractivity contribution in [2.45, 2.75) is 0 Å². The molecule has 0 saturated carbocycles. The van der Waals surface area contributed by atoms with Gasteiger partial charge in [0.2, 0.25) is 0 Å². The number of benzene rings is 1. The van der Waals surface area contributed by atoms with E-state index in [9.17, 15) is 9.59 Å². The van der Waals surface area contributed by atoms with Crippen molar-refractivity contribution < 1.29 is 14.0 Å². The lowest BCUT2D eigenvalue weighted by molar-refractivity contribution is -0.115. The molecule has 0 spiro atoms. The Morgan fingerprint density at radius 3 is 2.43 bits per heavy atom. The minimum atomic E-state index is -0.551. The van der Waals surface area contributed by atoms with Gasteiger partial charge in [-0.1, -0.05) is 0 Å². The monoisotopic (exact) mass is 279 g/mol. The van der Waals surface area contributed by atoms with E-state index in [1.54, 1.807) is 36.4 Å². The zero-order valence-corrected chi connectivity index (χ0v) is 10.7. The standard InChI is InChI=1S/C15H9N3O3/c16-8-9-1-3-10(4-2-9)13-6-5-11(21-13)7-12-14(19)18-15(20)17-12/h1-7H,(H2,17,18,19,20). The van der Waals surface area contributed by atoms with Gasteiger partial charge in [0.15, 0.2) is 0 Å². The molecule has 0 radical (unpaired) electrons. The fourth-order valence-corrected chi connectivity index (χ4v) is 1.92. The summed E-state index contributed by atoms with van der Waals surface area (Å²) in [6, 6.07) is 11.9. The van der Waals surface area contributed by atoms with Crippen LogP contribution in [0.4, 0.5) is 4.79 Å². The van der Waals surface area contributed by atoms with Crippen LogP contribution in [0.15, 0.2) is 46.5 Å². The Labute approximate surface area is 119 Å². The van der Waals surface area contributed by atoms with E-state index < -0.39 is 11.9 Å². The van der Waals surface area contributed by atoms with Gasteiger partial charge in [-0.15, -0.1) is 0 Å². The molecule has 1 fully saturated rings. The van der Waals surface area contributed by atoms with Crippen molar-refractivity contribution in [3.8, 4) is 17.4 Å². The summed E-state index contributed by atoms with van der Waals surface area (Å²) in [5, 5.41) is 13.2. The van der Waals surface area contributed by atoms with Gasteiger partial charge in [0.05, 0.1) is 11.6 Å². The van der Waals surface area contributed by atoms with Crippen LogP contribution in [-0.2, 0) is 4.79 Å². The summed E-state index contributed by atoms with van der Waals surface area (Å²) >= 11 is 0. The number of imide groups is 1. The zero-order valence-electron chi connectivity index (χ0n) is 10.7. The second-order valence-corrected chi connectivity index (χ2v) is 4.36. The quantitative estimate of drug-likeness (QED) is 0.649. The molecule has 1 aliphatic heterocycles. The van der Waals surface area contributed by atoms with Gasteiger partial charge in [0.1, 0.15) is 17.2 Å². The summed E-state index contributed by atoms with van der Waals surface area (Å²) in [4.78, 5) is 22.4. The van der Waals surface area contributed by atoms with E-state index in [2.05, 4.69) is 10.6 Å². The van der Waals surface area contributed by atoms with Crippen molar-refractivity contribution in [2.75, 3.05) is 0 Å². The van der Waals surface area contributed by atoms with Crippen molar-refractivity contribution in [1.29, 1.82) is 5.26 Å². The van der Waals surface area contributed by atoms with Crippen molar-refractivity contribution in [2.24, 2.45) is 0 Å². The van der Waals surface area contributed by atoms with Crippen molar-refractivity contribution in [3.05, 3.63) is 53.4 Å². The molecule has 1 saturated heterocycles. The topological polar surface area (TPSA) is 95.1 Å². The Hall–Kier alpha value is -3.33. The Morgan fingerprint density at radius 2 is 1.81 bits per heavy atom. The molecule has 2 N–H and O–H groups in total. The third kappa shape index (κ3) is 2.53. The average molecular weight is 279 g/mol. The van der Waals surface area contributed by atoms with Crippen LogP contribution in [0.2, 0.25) is 0 Å². The molecule has 21 heavy (non-hydrogen) atoms. The minimum absolute atomic E-state index is 0.140. The molecule has 3 rings (SSSR count). The predicted molar refractivity (Wildman–Crippen MR) is 73.5 cm³/mol. The van der Waals surface area contributed by atoms with Crippen LogP contribution in [0, 0.1) is 11.3 Å². The van der Waals surface area contributed by atoms with Crippen LogP contribution < -0.4 is 10.6 Å². The lowest BCUT2D eigenvalue weighted by Gasteiger charge is -1.96. The fourth-order valence-electron chi connectivity index (χ4n) is 1.92. The second-order valence-electron chi connectivity index (χ2n) is 4.36. The molecule has 2 aromatic rings. The van der Waals surface area contributed by atoms with Gasteiger partial charge >= 0.3 is 6.03 Å². The summed E-state index contributed by atoms with van der Waals surface area (Å²) < 4.78 is 5.60. The van der Waals surface area contributed by atoms with Crippen LogP contribution >= 0.6 is 0 Å². The molecule has 102 valence electrons. The first-order valence-corrected chi connectivity index (χ1v) is 6.10. The van der Waals surface area contributed by atoms with Crippen LogP contribution in [-0.4, -0.2) is 11.9 Å². The Kier molecular flexibility index (Phi) is 3.01. The Morgan fingerprint density at radius 1 is 1.05 bits per heavy atom. The third-order valence-corrected chi connectivity index (χ3v) is 2.93. The SMILES string of the molecule is N#Cc1ccc(-c2ccc(C=C3NC(=O)NC3=O)o2)cc1. The summed E-state index contributed by atoms with van der Waals surface area (Å²) in [5.41, 5.74) is 1.53. The number of carbonyl (C=O) groups is 2. The lowest BCUT2D eigenvalue weighted by Crippen LogP contribution is -2.22. The number of nitrogens with zero attached hydrogens (tertiary/aromatic N) is 1. The second kappa shape index (κ2) is 4.98. The van der Waals surface area contributed by atoms with E-state index in [1.807, 2.05) is 6.07 Å². The molecule has 1 aromatic heterocycles. The molecule has 1 aliphatic rings. The highest BCUT2D eigenvalue weighted by atomic mass is 16.3. The molecule has 0 atom stereocenters. The summed E-state index contributed by atoms with van der Waals surface area (Å²) in [5.74, 6) is 0.564. The number of amides is 3. The van der Waals surface area contributed by atoms with E-state index >= 15 is 0 Å². The number of nitriles is 1. The minimum Gasteiger partial charge on any atom is -0.457 e. The normalized spacial score (nSPS) is 15.7. The molecule has 0 aliphatic carbocycles. The van der Waals surface area contributed by atoms with Gasteiger partial charge in [-0.3, -0.25) is 10.1 Å². The Bertz CT molecular complexity index is 794. The van der Waals surface area contributed by atoms with Crippen molar-refractivity contribution >= 4 is 18.0 Å². The maximum atomic E-state index is 11.4. The number of rotatable bonds is 2. The first-order valence-electron chi connectivity index (χ1n) is 6.10. The molecule has 6 heteroatoms. The lowest BCUT2D eigenvalue weighted by atomic mass is 10.1. The van der Waals surface area contributed by atoms with Gasteiger partial charge < -0.3 is 9.73 Å². The summed E-state index contributed by atoms with van der Waals surface area (Å²) in [7, 11) is 0. The molecule has 0 unspecified atom stereocenters. The fraction of sp³-hybridized carbons (Fsp3) is 0. The zero-order chi connectivity index (χ0) is 14.8. The van der Waals surface area contributed by atoms with Crippen LogP contribution in [0.3, 0.4) is 0 Å².